The number of nitrogens with one attached hydrogen (secondary N) is 2. The van der Waals surface area contributed by atoms with Crippen molar-refractivity contribution in [1.29, 1.82) is 0 Å². The first-order valence-electron chi connectivity index (χ1n) is 6.05. The number of aromatic amines is 1. The number of nitrogens with zero attached hydrogens (tertiary/aromatic N) is 1. The molecule has 0 aromatic carbocycles. The Kier molecular flexibility index (Phi) is 2.28. The lowest BCUT2D eigenvalue weighted by molar-refractivity contribution is 0.349. The van der Waals surface area contributed by atoms with E-state index in [9.17, 15) is 0 Å². The molecule has 3 unspecified atom stereocenters. The summed E-state index contributed by atoms with van der Waals surface area (Å²) in [5.74, 6) is 1.97. The maximum atomic E-state index is 4.32. The molecule has 3 rings (SSSR count). The number of aromatic nitrogens is 2. The average Bonchev–Trinajstić information content (AvgIpc) is 2.90. The quantitative estimate of drug-likeness (QED) is 0.792. The Morgan fingerprint density at radius 1 is 1.47 bits per heavy atom. The summed E-state index contributed by atoms with van der Waals surface area (Å²) >= 11 is 0. The molecule has 1 aromatic heterocycles. The number of fused-ring (bicyclic) bond motifs is 2. The van der Waals surface area contributed by atoms with Crippen LogP contribution in [0.15, 0.2) is 6.33 Å². The molecule has 3 heteroatoms. The Balaban J connectivity index is 1.57. The van der Waals surface area contributed by atoms with Gasteiger partial charge in [0.25, 0.3) is 0 Å². The van der Waals surface area contributed by atoms with Gasteiger partial charge in [-0.1, -0.05) is 6.42 Å². The van der Waals surface area contributed by atoms with Crippen LogP contribution >= 0.6 is 0 Å². The van der Waals surface area contributed by atoms with Crippen molar-refractivity contribution in [3.05, 3.63) is 17.7 Å². The van der Waals surface area contributed by atoms with Crippen molar-refractivity contribution < 1.29 is 0 Å². The lowest BCUT2D eigenvalue weighted by atomic mass is 9.95. The van der Waals surface area contributed by atoms with Crippen molar-refractivity contribution in [1.82, 2.24) is 15.3 Å². The molecule has 1 heterocycles. The molecule has 2 N–H and O–H groups in total. The van der Waals surface area contributed by atoms with Crippen molar-refractivity contribution >= 4 is 0 Å². The van der Waals surface area contributed by atoms with Gasteiger partial charge < -0.3 is 10.3 Å². The highest BCUT2D eigenvalue weighted by molar-refractivity contribution is 5.08. The Hall–Kier alpha value is -0.830. The molecule has 0 radical (unpaired) electrons. The van der Waals surface area contributed by atoms with Crippen molar-refractivity contribution in [2.24, 2.45) is 11.8 Å². The summed E-state index contributed by atoms with van der Waals surface area (Å²) in [6.07, 6.45) is 7.57. The van der Waals surface area contributed by atoms with Gasteiger partial charge in [0.15, 0.2) is 0 Å². The molecule has 2 saturated carbocycles. The SMILES string of the molecule is Cc1[nH]cnc1CNC1CC2CCC1C2. The summed E-state index contributed by atoms with van der Waals surface area (Å²) in [5.41, 5.74) is 2.38. The topological polar surface area (TPSA) is 40.7 Å². The molecular weight excluding hydrogens is 186 g/mol. The van der Waals surface area contributed by atoms with Gasteiger partial charge in [-0.05, 0) is 38.0 Å². The van der Waals surface area contributed by atoms with E-state index in [2.05, 4.69) is 22.2 Å². The molecule has 2 fully saturated rings. The highest BCUT2D eigenvalue weighted by atomic mass is 15.0. The van der Waals surface area contributed by atoms with Crippen LogP contribution in [0, 0.1) is 18.8 Å². The standard InChI is InChI=1S/C12H19N3/c1-8-12(15-7-14-8)6-13-11-5-9-2-3-10(11)4-9/h7,9-11,13H,2-6H2,1H3,(H,14,15). The lowest BCUT2D eigenvalue weighted by Crippen LogP contribution is -2.33. The maximum Gasteiger partial charge on any atom is 0.0925 e. The molecule has 0 spiro atoms. The van der Waals surface area contributed by atoms with Crippen molar-refractivity contribution in [3.8, 4) is 0 Å². The zero-order chi connectivity index (χ0) is 10.3. The van der Waals surface area contributed by atoms with Crippen LogP contribution in [0.2, 0.25) is 0 Å². The molecule has 82 valence electrons. The summed E-state index contributed by atoms with van der Waals surface area (Å²) in [4.78, 5) is 7.45. The number of rotatable bonds is 3. The van der Waals surface area contributed by atoms with E-state index in [0.29, 0.717) is 0 Å². The van der Waals surface area contributed by atoms with E-state index < -0.39 is 0 Å². The Labute approximate surface area is 90.7 Å². The third-order valence-corrected chi connectivity index (χ3v) is 4.20. The highest BCUT2D eigenvalue weighted by Gasteiger charge is 2.39. The molecule has 3 nitrogen and oxygen atoms in total. The van der Waals surface area contributed by atoms with Gasteiger partial charge in [-0.3, -0.25) is 0 Å². The van der Waals surface area contributed by atoms with Crippen LogP contribution in [0.3, 0.4) is 0 Å². The average molecular weight is 205 g/mol. The maximum absolute atomic E-state index is 4.32. The normalized spacial score (nSPS) is 33.8. The predicted molar refractivity (Wildman–Crippen MR) is 59.4 cm³/mol. The third kappa shape index (κ3) is 1.69. The van der Waals surface area contributed by atoms with Crippen LogP contribution in [0.5, 0.6) is 0 Å². The second-order valence-corrected chi connectivity index (χ2v) is 5.14. The lowest BCUT2D eigenvalue weighted by Gasteiger charge is -2.22. The van der Waals surface area contributed by atoms with Gasteiger partial charge in [0.2, 0.25) is 0 Å². The van der Waals surface area contributed by atoms with E-state index in [0.717, 1.165) is 24.4 Å². The van der Waals surface area contributed by atoms with Crippen LogP contribution in [-0.4, -0.2) is 16.0 Å². The Morgan fingerprint density at radius 3 is 3.00 bits per heavy atom. The van der Waals surface area contributed by atoms with Gasteiger partial charge in [-0.2, -0.15) is 0 Å². The predicted octanol–water partition coefficient (Wildman–Crippen LogP) is 2.00. The van der Waals surface area contributed by atoms with E-state index in [1.165, 1.54) is 37.1 Å². The molecule has 2 bridgehead atoms. The van der Waals surface area contributed by atoms with Crippen molar-refractivity contribution in [2.45, 2.75) is 45.2 Å². The summed E-state index contributed by atoms with van der Waals surface area (Å²) in [5, 5.41) is 3.67. The smallest absolute Gasteiger partial charge is 0.0925 e. The van der Waals surface area contributed by atoms with Crippen molar-refractivity contribution in [3.63, 3.8) is 0 Å². The van der Waals surface area contributed by atoms with E-state index in [1.54, 1.807) is 6.33 Å². The number of H-pyrrole nitrogens is 1. The summed E-state index contributed by atoms with van der Waals surface area (Å²) in [6.45, 7) is 3.02. The Morgan fingerprint density at radius 2 is 2.40 bits per heavy atom. The number of imidazole rings is 1. The van der Waals surface area contributed by atoms with Gasteiger partial charge in [0.1, 0.15) is 0 Å². The molecule has 2 aliphatic rings. The zero-order valence-electron chi connectivity index (χ0n) is 9.29. The molecule has 15 heavy (non-hydrogen) atoms. The number of hydrogen-bond donors (Lipinski definition) is 2. The monoisotopic (exact) mass is 205 g/mol. The van der Waals surface area contributed by atoms with Crippen LogP contribution in [0.25, 0.3) is 0 Å². The van der Waals surface area contributed by atoms with Crippen LogP contribution < -0.4 is 5.32 Å². The number of aryl methyl sites for hydroxylation is 1. The van der Waals surface area contributed by atoms with Gasteiger partial charge >= 0.3 is 0 Å². The second-order valence-electron chi connectivity index (χ2n) is 5.14. The largest absolute Gasteiger partial charge is 0.348 e. The molecule has 0 aliphatic heterocycles. The van der Waals surface area contributed by atoms with Gasteiger partial charge in [0, 0.05) is 18.3 Å². The minimum Gasteiger partial charge on any atom is -0.348 e. The zero-order valence-corrected chi connectivity index (χ0v) is 9.29. The van der Waals surface area contributed by atoms with E-state index in [1.807, 2.05) is 0 Å². The molecule has 1 aromatic rings. The summed E-state index contributed by atoms with van der Waals surface area (Å²) in [7, 11) is 0. The first-order valence-corrected chi connectivity index (χ1v) is 6.05. The van der Waals surface area contributed by atoms with Crippen molar-refractivity contribution in [2.75, 3.05) is 0 Å². The van der Waals surface area contributed by atoms with Gasteiger partial charge in [-0.15, -0.1) is 0 Å². The van der Waals surface area contributed by atoms with Crippen LogP contribution in [-0.2, 0) is 6.54 Å². The molecule has 2 aliphatic carbocycles. The third-order valence-electron chi connectivity index (χ3n) is 4.20. The molecular formula is C12H19N3. The minimum atomic E-state index is 0.764. The van der Waals surface area contributed by atoms with Gasteiger partial charge in [0.05, 0.1) is 12.0 Å². The first-order chi connectivity index (χ1) is 7.33. The second kappa shape index (κ2) is 3.63. The first kappa shape index (κ1) is 9.40. The van der Waals surface area contributed by atoms with E-state index >= 15 is 0 Å². The summed E-state index contributed by atoms with van der Waals surface area (Å²) < 4.78 is 0. The molecule has 3 atom stereocenters. The van der Waals surface area contributed by atoms with E-state index in [-0.39, 0.29) is 0 Å². The summed E-state index contributed by atoms with van der Waals surface area (Å²) in [6, 6.07) is 0.764. The fraction of sp³-hybridized carbons (Fsp3) is 0.750. The molecule has 0 amide bonds. The number of hydrogen-bond acceptors (Lipinski definition) is 2. The van der Waals surface area contributed by atoms with Gasteiger partial charge in [-0.25, -0.2) is 4.98 Å². The highest BCUT2D eigenvalue weighted by Crippen LogP contribution is 2.44. The minimum absolute atomic E-state index is 0.764. The fourth-order valence-electron chi connectivity index (χ4n) is 3.29. The van der Waals surface area contributed by atoms with Crippen LogP contribution in [0.1, 0.15) is 37.1 Å². The van der Waals surface area contributed by atoms with E-state index in [4.69, 9.17) is 0 Å². The Bertz CT molecular complexity index is 344. The molecule has 0 saturated heterocycles. The fourth-order valence-corrected chi connectivity index (χ4v) is 3.29. The van der Waals surface area contributed by atoms with Crippen LogP contribution in [0.4, 0.5) is 0 Å².